The highest BCUT2D eigenvalue weighted by Crippen LogP contribution is 2.52. The molecule has 0 radical (unpaired) electrons. The van der Waals surface area contributed by atoms with E-state index in [1.807, 2.05) is 24.3 Å². The number of fused-ring (bicyclic) bond motifs is 5. The Balaban J connectivity index is 1.60. The molecule has 10 heteroatoms. The maximum absolute atomic E-state index is 13.7. The fraction of sp³-hybridized carbons (Fsp3) is 0.333. The second kappa shape index (κ2) is 7.47. The topological polar surface area (TPSA) is 122 Å². The molecule has 2 saturated heterocycles. The minimum Gasteiger partial charge on any atom is -0.458 e. The van der Waals surface area contributed by atoms with E-state index in [1.54, 1.807) is 27.0 Å². The molecular weight excluding hydrogens is 440 g/mol. The van der Waals surface area contributed by atoms with Gasteiger partial charge in [0.1, 0.15) is 5.60 Å². The first-order chi connectivity index (χ1) is 16.1. The van der Waals surface area contributed by atoms with Crippen LogP contribution in [0.15, 0.2) is 53.6 Å². The highest BCUT2D eigenvalue weighted by atomic mass is 16.6. The first kappa shape index (κ1) is 21.7. The van der Waals surface area contributed by atoms with E-state index in [2.05, 4.69) is 5.10 Å². The lowest BCUT2D eigenvalue weighted by atomic mass is 9.85. The van der Waals surface area contributed by atoms with E-state index in [-0.39, 0.29) is 11.4 Å². The van der Waals surface area contributed by atoms with Crippen LogP contribution in [0.4, 0.5) is 11.4 Å². The maximum Gasteiger partial charge on any atom is 0.331 e. The van der Waals surface area contributed by atoms with Gasteiger partial charge in [0.05, 0.1) is 34.7 Å². The smallest absolute Gasteiger partial charge is 0.331 e. The van der Waals surface area contributed by atoms with Crippen molar-refractivity contribution in [3.8, 4) is 0 Å². The zero-order chi connectivity index (χ0) is 24.4. The van der Waals surface area contributed by atoms with Crippen LogP contribution in [0.2, 0.25) is 0 Å². The van der Waals surface area contributed by atoms with Crippen molar-refractivity contribution in [3.05, 3.63) is 69.8 Å². The number of rotatable bonds is 3. The monoisotopic (exact) mass is 462 g/mol. The van der Waals surface area contributed by atoms with Gasteiger partial charge in [-0.2, -0.15) is 5.10 Å². The molecule has 0 aliphatic carbocycles. The van der Waals surface area contributed by atoms with Crippen molar-refractivity contribution in [2.24, 2.45) is 16.9 Å². The van der Waals surface area contributed by atoms with Crippen LogP contribution in [0.25, 0.3) is 0 Å². The number of nitrogens with zero attached hydrogens (tertiary/aromatic N) is 4. The Bertz CT molecular complexity index is 1250. The number of nitro groups is 1. The molecule has 174 valence electrons. The number of ether oxygens (including phenoxy) is 1. The van der Waals surface area contributed by atoms with E-state index >= 15 is 0 Å². The summed E-state index contributed by atoms with van der Waals surface area (Å²) in [5.41, 5.74) is 0.867. The molecule has 2 amide bonds. The van der Waals surface area contributed by atoms with E-state index in [0.717, 1.165) is 16.0 Å². The number of carbonyl (C=O) groups is 3. The average Bonchev–Trinajstić information content (AvgIpc) is 3.25. The van der Waals surface area contributed by atoms with E-state index in [1.165, 1.54) is 29.3 Å². The number of hydrogen-bond donors (Lipinski definition) is 0. The van der Waals surface area contributed by atoms with Crippen molar-refractivity contribution in [1.29, 1.82) is 0 Å². The van der Waals surface area contributed by atoms with Crippen LogP contribution in [0.1, 0.15) is 37.9 Å². The molecule has 2 fully saturated rings. The molecule has 0 unspecified atom stereocenters. The fourth-order valence-electron chi connectivity index (χ4n) is 4.98. The Labute approximate surface area is 194 Å². The van der Waals surface area contributed by atoms with Crippen molar-refractivity contribution >= 4 is 35.4 Å². The minimum atomic E-state index is -1.08. The number of benzene rings is 2. The Morgan fingerprint density at radius 3 is 2.32 bits per heavy atom. The molecule has 34 heavy (non-hydrogen) atoms. The van der Waals surface area contributed by atoms with Crippen LogP contribution in [0, 0.1) is 22.0 Å². The van der Waals surface area contributed by atoms with Crippen LogP contribution < -0.4 is 4.90 Å². The van der Waals surface area contributed by atoms with Gasteiger partial charge in [-0.3, -0.25) is 24.7 Å². The molecule has 0 bridgehead atoms. The van der Waals surface area contributed by atoms with Crippen molar-refractivity contribution in [2.75, 3.05) is 4.90 Å². The Morgan fingerprint density at radius 1 is 1.03 bits per heavy atom. The van der Waals surface area contributed by atoms with Crippen LogP contribution >= 0.6 is 0 Å². The second-order valence-corrected chi connectivity index (χ2v) is 9.51. The largest absolute Gasteiger partial charge is 0.458 e. The predicted octanol–water partition coefficient (Wildman–Crippen LogP) is 2.82. The Hall–Kier alpha value is -4.08. The Kier molecular flexibility index (Phi) is 4.78. The summed E-state index contributed by atoms with van der Waals surface area (Å²) in [7, 11) is 0. The van der Waals surface area contributed by atoms with Gasteiger partial charge in [-0.1, -0.05) is 24.3 Å². The van der Waals surface area contributed by atoms with Gasteiger partial charge in [0.2, 0.25) is 11.8 Å². The lowest BCUT2D eigenvalue weighted by Crippen LogP contribution is -2.46. The number of non-ortho nitro benzene ring substituents is 1. The highest BCUT2D eigenvalue weighted by Gasteiger charge is 2.66. The van der Waals surface area contributed by atoms with E-state index in [4.69, 9.17) is 4.74 Å². The summed E-state index contributed by atoms with van der Waals surface area (Å²) in [6.45, 7) is 5.19. The summed E-state index contributed by atoms with van der Waals surface area (Å²) in [4.78, 5) is 52.1. The summed E-state index contributed by atoms with van der Waals surface area (Å²) in [5.74, 6) is -3.53. The summed E-state index contributed by atoms with van der Waals surface area (Å²) in [6.07, 6.45) is 1.62. The minimum absolute atomic E-state index is 0.156. The zero-order valence-electron chi connectivity index (χ0n) is 18.7. The van der Waals surface area contributed by atoms with Gasteiger partial charge < -0.3 is 4.74 Å². The van der Waals surface area contributed by atoms with E-state index < -0.39 is 52.2 Å². The summed E-state index contributed by atoms with van der Waals surface area (Å²) < 4.78 is 5.62. The summed E-state index contributed by atoms with van der Waals surface area (Å²) in [6, 6.07) is 10.9. The number of imide groups is 1. The van der Waals surface area contributed by atoms with Gasteiger partial charge in [0, 0.05) is 12.1 Å². The third kappa shape index (κ3) is 3.25. The average molecular weight is 462 g/mol. The molecule has 0 N–H and O–H groups in total. The molecule has 0 saturated carbocycles. The van der Waals surface area contributed by atoms with Crippen LogP contribution in [-0.2, 0) is 19.1 Å². The number of hydrazone groups is 1. The number of carbonyl (C=O) groups excluding carboxylic acids is 3. The first-order valence-corrected chi connectivity index (χ1v) is 10.8. The summed E-state index contributed by atoms with van der Waals surface area (Å²) >= 11 is 0. The van der Waals surface area contributed by atoms with Crippen LogP contribution in [0.3, 0.4) is 0 Å². The van der Waals surface area contributed by atoms with Crippen molar-refractivity contribution in [1.82, 2.24) is 5.01 Å². The zero-order valence-corrected chi connectivity index (χ0v) is 18.7. The fourth-order valence-corrected chi connectivity index (χ4v) is 4.98. The molecule has 3 aliphatic rings. The predicted molar refractivity (Wildman–Crippen MR) is 121 cm³/mol. The lowest BCUT2D eigenvalue weighted by Gasteiger charge is -2.34. The SMILES string of the molecule is CC(C)(C)OC(=O)[C@@H]1[C@@H]2C(=O)N(c3ccc([N+](=O)[O-])cc3)C(=O)[C@@H]2[C@@H]2c3ccccc3C=NN12. The lowest BCUT2D eigenvalue weighted by molar-refractivity contribution is -0.384. The van der Waals surface area contributed by atoms with Gasteiger partial charge in [0.25, 0.3) is 5.69 Å². The Morgan fingerprint density at radius 2 is 1.68 bits per heavy atom. The van der Waals surface area contributed by atoms with Crippen molar-refractivity contribution < 1.29 is 24.0 Å². The van der Waals surface area contributed by atoms with Crippen LogP contribution in [-0.4, -0.2) is 45.6 Å². The van der Waals surface area contributed by atoms with E-state index in [0.29, 0.717) is 0 Å². The van der Waals surface area contributed by atoms with E-state index in [9.17, 15) is 24.5 Å². The third-order valence-corrected chi connectivity index (χ3v) is 6.26. The number of nitro benzene ring substituents is 1. The standard InChI is InChI=1S/C24H22N4O6/c1-24(2,3)34-23(31)20-18-17(19-16-7-5-4-6-13(16)12-25-27(19)20)21(29)26(22(18)30)14-8-10-15(11-9-14)28(32)33/h4-12,17-20H,1-3H3/t17-,18+,19-,20-/m0/s1. The highest BCUT2D eigenvalue weighted by molar-refractivity contribution is 6.24. The molecule has 3 heterocycles. The molecule has 5 rings (SSSR count). The molecule has 4 atom stereocenters. The molecule has 0 spiro atoms. The molecular formula is C24H22N4O6. The first-order valence-electron chi connectivity index (χ1n) is 10.8. The molecule has 3 aliphatic heterocycles. The van der Waals surface area contributed by atoms with Gasteiger partial charge in [-0.15, -0.1) is 0 Å². The number of amides is 2. The third-order valence-electron chi connectivity index (χ3n) is 6.26. The number of hydrogen-bond acceptors (Lipinski definition) is 8. The number of esters is 1. The van der Waals surface area contributed by atoms with Crippen molar-refractivity contribution in [3.63, 3.8) is 0 Å². The molecule has 2 aromatic rings. The number of anilines is 1. The van der Waals surface area contributed by atoms with Gasteiger partial charge in [-0.05, 0) is 44.0 Å². The second-order valence-electron chi connectivity index (χ2n) is 9.51. The van der Waals surface area contributed by atoms with Crippen molar-refractivity contribution in [2.45, 2.75) is 38.5 Å². The van der Waals surface area contributed by atoms with Crippen LogP contribution in [0.5, 0.6) is 0 Å². The molecule has 0 aromatic heterocycles. The van der Waals surface area contributed by atoms with Gasteiger partial charge in [-0.25, -0.2) is 9.69 Å². The quantitative estimate of drug-likeness (QED) is 0.297. The summed E-state index contributed by atoms with van der Waals surface area (Å²) in [5, 5.41) is 17.0. The normalized spacial score (nSPS) is 25.1. The van der Waals surface area contributed by atoms with Gasteiger partial charge in [0.15, 0.2) is 6.04 Å². The van der Waals surface area contributed by atoms with Gasteiger partial charge >= 0.3 is 5.97 Å². The molecule has 2 aromatic carbocycles. The molecule has 10 nitrogen and oxygen atoms in total. The maximum atomic E-state index is 13.7.